The first-order chi connectivity index (χ1) is 10.0. The van der Waals surface area contributed by atoms with Crippen LogP contribution in [-0.2, 0) is 11.8 Å². The lowest BCUT2D eigenvalue weighted by atomic mass is 9.93. The smallest absolute Gasteiger partial charge is 0.194 e. The van der Waals surface area contributed by atoms with Crippen LogP contribution in [0.1, 0.15) is 32.2 Å². The van der Waals surface area contributed by atoms with Gasteiger partial charge in [-0.25, -0.2) is 4.98 Å². The lowest BCUT2D eigenvalue weighted by molar-refractivity contribution is 0.562. The maximum Gasteiger partial charge on any atom is 0.194 e. The average Bonchev–Trinajstić information content (AvgIpc) is 3.00. The second kappa shape index (κ2) is 4.97. The first-order valence-electron chi connectivity index (χ1n) is 6.79. The SMILES string of the molecule is CC(C)(C)c1csc2nc(-c3ccncc3)c(CC#N)n12. The van der Waals surface area contributed by atoms with Crippen LogP contribution in [0, 0.1) is 11.3 Å². The van der Waals surface area contributed by atoms with Crippen molar-refractivity contribution >= 4 is 16.3 Å². The van der Waals surface area contributed by atoms with Crippen molar-refractivity contribution < 1.29 is 0 Å². The molecule has 0 amide bonds. The molecule has 3 rings (SSSR count). The molecule has 0 radical (unpaired) electrons. The van der Waals surface area contributed by atoms with Gasteiger partial charge in [0.25, 0.3) is 0 Å². The minimum atomic E-state index is 0.0126. The molecule has 5 heteroatoms. The van der Waals surface area contributed by atoms with Gasteiger partial charge >= 0.3 is 0 Å². The van der Waals surface area contributed by atoms with Gasteiger partial charge in [0.05, 0.1) is 23.9 Å². The van der Waals surface area contributed by atoms with Crippen LogP contribution in [0.3, 0.4) is 0 Å². The number of thiazole rings is 1. The van der Waals surface area contributed by atoms with Crippen molar-refractivity contribution in [2.24, 2.45) is 0 Å². The minimum Gasteiger partial charge on any atom is -0.289 e. The Morgan fingerprint density at radius 3 is 2.62 bits per heavy atom. The number of hydrogen-bond donors (Lipinski definition) is 0. The summed E-state index contributed by atoms with van der Waals surface area (Å²) in [5, 5.41) is 11.3. The predicted octanol–water partition coefficient (Wildman–Crippen LogP) is 3.82. The van der Waals surface area contributed by atoms with Gasteiger partial charge in [0.15, 0.2) is 4.96 Å². The number of fused-ring (bicyclic) bond motifs is 1. The first kappa shape index (κ1) is 13.8. The van der Waals surface area contributed by atoms with Crippen molar-refractivity contribution in [3.8, 4) is 17.3 Å². The summed E-state index contributed by atoms with van der Waals surface area (Å²) in [4.78, 5) is 9.73. The normalized spacial score (nSPS) is 11.7. The summed E-state index contributed by atoms with van der Waals surface area (Å²) >= 11 is 1.62. The Morgan fingerprint density at radius 2 is 2.00 bits per heavy atom. The Kier molecular flexibility index (Phi) is 3.26. The fourth-order valence-electron chi connectivity index (χ4n) is 2.41. The van der Waals surface area contributed by atoms with E-state index in [9.17, 15) is 5.26 Å². The zero-order valence-electron chi connectivity index (χ0n) is 12.3. The molecule has 4 nitrogen and oxygen atoms in total. The van der Waals surface area contributed by atoms with E-state index in [0.717, 1.165) is 21.9 Å². The molecule has 3 aromatic heterocycles. The topological polar surface area (TPSA) is 54.0 Å². The van der Waals surface area contributed by atoms with E-state index < -0.39 is 0 Å². The van der Waals surface area contributed by atoms with Crippen LogP contribution in [0.2, 0.25) is 0 Å². The molecule has 0 atom stereocenters. The highest BCUT2D eigenvalue weighted by Crippen LogP contribution is 2.33. The fraction of sp³-hybridized carbons (Fsp3) is 0.312. The average molecular weight is 296 g/mol. The number of imidazole rings is 1. The number of aromatic nitrogens is 3. The molecule has 3 heterocycles. The summed E-state index contributed by atoms with van der Waals surface area (Å²) in [7, 11) is 0. The van der Waals surface area contributed by atoms with Crippen LogP contribution in [0.4, 0.5) is 0 Å². The molecule has 0 saturated heterocycles. The second-order valence-electron chi connectivity index (χ2n) is 5.97. The van der Waals surface area contributed by atoms with Gasteiger partial charge < -0.3 is 0 Å². The van der Waals surface area contributed by atoms with Gasteiger partial charge in [0.1, 0.15) is 0 Å². The molecule has 0 spiro atoms. The van der Waals surface area contributed by atoms with E-state index in [-0.39, 0.29) is 5.41 Å². The quantitative estimate of drug-likeness (QED) is 0.722. The van der Waals surface area contributed by atoms with Crippen molar-refractivity contribution in [1.82, 2.24) is 14.4 Å². The highest BCUT2D eigenvalue weighted by atomic mass is 32.1. The molecule has 21 heavy (non-hydrogen) atoms. The van der Waals surface area contributed by atoms with Crippen molar-refractivity contribution in [2.75, 3.05) is 0 Å². The summed E-state index contributed by atoms with van der Waals surface area (Å²) in [6.07, 6.45) is 3.85. The third-order valence-corrected chi connectivity index (χ3v) is 4.25. The van der Waals surface area contributed by atoms with Crippen LogP contribution in [0.15, 0.2) is 29.9 Å². The fourth-order valence-corrected chi connectivity index (χ4v) is 3.54. The molecule has 0 aromatic carbocycles. The Morgan fingerprint density at radius 1 is 1.29 bits per heavy atom. The molecule has 0 aliphatic carbocycles. The van der Waals surface area contributed by atoms with Crippen LogP contribution in [-0.4, -0.2) is 14.4 Å². The van der Waals surface area contributed by atoms with E-state index in [2.05, 4.69) is 41.6 Å². The third kappa shape index (κ3) is 2.32. The summed E-state index contributed by atoms with van der Waals surface area (Å²) in [6, 6.07) is 6.14. The molecule has 0 aliphatic heterocycles. The molecule has 0 saturated carbocycles. The Hall–Kier alpha value is -2.19. The number of nitrogens with zero attached hydrogens (tertiary/aromatic N) is 4. The number of hydrogen-bond acceptors (Lipinski definition) is 4. The van der Waals surface area contributed by atoms with Gasteiger partial charge in [0, 0.05) is 34.4 Å². The van der Waals surface area contributed by atoms with Gasteiger partial charge in [-0.3, -0.25) is 9.38 Å². The largest absolute Gasteiger partial charge is 0.289 e. The Labute approximate surface area is 127 Å². The lowest BCUT2D eigenvalue weighted by Crippen LogP contribution is -2.15. The van der Waals surface area contributed by atoms with Gasteiger partial charge in [-0.1, -0.05) is 20.8 Å². The maximum atomic E-state index is 9.20. The Bertz CT molecular complexity index is 816. The third-order valence-electron chi connectivity index (χ3n) is 3.43. The van der Waals surface area contributed by atoms with E-state index in [1.165, 1.54) is 5.69 Å². The first-order valence-corrected chi connectivity index (χ1v) is 7.67. The highest BCUT2D eigenvalue weighted by molar-refractivity contribution is 7.15. The van der Waals surface area contributed by atoms with Crippen molar-refractivity contribution in [3.05, 3.63) is 41.3 Å². The van der Waals surface area contributed by atoms with Gasteiger partial charge in [-0.15, -0.1) is 11.3 Å². The van der Waals surface area contributed by atoms with Crippen LogP contribution >= 0.6 is 11.3 Å². The summed E-state index contributed by atoms with van der Waals surface area (Å²) in [5.41, 5.74) is 4.06. The predicted molar refractivity (Wildman–Crippen MR) is 84.3 cm³/mol. The molecular formula is C16H16N4S. The molecule has 0 aliphatic rings. The number of nitriles is 1. The number of rotatable bonds is 2. The lowest BCUT2D eigenvalue weighted by Gasteiger charge is -2.18. The number of pyridine rings is 1. The van der Waals surface area contributed by atoms with E-state index in [4.69, 9.17) is 4.98 Å². The van der Waals surface area contributed by atoms with E-state index in [1.54, 1.807) is 23.7 Å². The monoisotopic (exact) mass is 296 g/mol. The molecule has 0 N–H and O–H groups in total. The second-order valence-corrected chi connectivity index (χ2v) is 6.80. The summed E-state index contributed by atoms with van der Waals surface area (Å²) in [6.45, 7) is 6.53. The molecule has 3 aromatic rings. The van der Waals surface area contributed by atoms with Crippen LogP contribution in [0.5, 0.6) is 0 Å². The van der Waals surface area contributed by atoms with Crippen LogP contribution in [0.25, 0.3) is 16.2 Å². The molecule has 0 bridgehead atoms. The minimum absolute atomic E-state index is 0.0126. The van der Waals surface area contributed by atoms with Crippen molar-refractivity contribution in [1.29, 1.82) is 5.26 Å². The zero-order valence-corrected chi connectivity index (χ0v) is 13.1. The van der Waals surface area contributed by atoms with Gasteiger partial charge in [0.2, 0.25) is 0 Å². The standard InChI is InChI=1S/C16H16N4S/c1-16(2,3)13-10-21-15-19-14(11-5-8-18-9-6-11)12(4-7-17)20(13)15/h5-6,8-10H,4H2,1-3H3. The van der Waals surface area contributed by atoms with E-state index in [1.807, 2.05) is 12.1 Å². The molecule has 0 unspecified atom stereocenters. The molecular weight excluding hydrogens is 280 g/mol. The molecule has 106 valence electrons. The van der Waals surface area contributed by atoms with E-state index >= 15 is 0 Å². The highest BCUT2D eigenvalue weighted by Gasteiger charge is 2.24. The van der Waals surface area contributed by atoms with E-state index in [0.29, 0.717) is 6.42 Å². The van der Waals surface area contributed by atoms with Crippen molar-refractivity contribution in [2.45, 2.75) is 32.6 Å². The maximum absolute atomic E-state index is 9.20. The van der Waals surface area contributed by atoms with Gasteiger partial charge in [-0.05, 0) is 12.1 Å². The van der Waals surface area contributed by atoms with Crippen molar-refractivity contribution in [3.63, 3.8) is 0 Å². The Balaban J connectivity index is 2.30. The summed E-state index contributed by atoms with van der Waals surface area (Å²) in [5.74, 6) is 0. The molecule has 0 fully saturated rings. The zero-order chi connectivity index (χ0) is 15.0. The van der Waals surface area contributed by atoms with Gasteiger partial charge in [-0.2, -0.15) is 5.26 Å². The summed E-state index contributed by atoms with van der Waals surface area (Å²) < 4.78 is 2.14. The van der Waals surface area contributed by atoms with Crippen LogP contribution < -0.4 is 0 Å².